The Morgan fingerprint density at radius 1 is 1.10 bits per heavy atom. The lowest BCUT2D eigenvalue weighted by atomic mass is 10.0. The lowest BCUT2D eigenvalue weighted by molar-refractivity contribution is 0.703. The average molecular weight is 294 g/mol. The van der Waals surface area contributed by atoms with Crippen LogP contribution in [0.4, 0.5) is 0 Å². The summed E-state index contributed by atoms with van der Waals surface area (Å²) in [6, 6.07) is 4.93. The van der Waals surface area contributed by atoms with Crippen LogP contribution < -0.4 is 45.8 Å². The largest absolute Gasteiger partial charge is 0.382 e. The Hall–Kier alpha value is -2.96. The highest BCUT2D eigenvalue weighted by Crippen LogP contribution is 2.17. The highest BCUT2D eigenvalue weighted by atomic mass is 15.5. The maximum Gasteiger partial charge on any atom is 0.166 e. The van der Waals surface area contributed by atoms with Gasteiger partial charge in [0.2, 0.25) is 0 Å². The molecule has 114 valence electrons. The number of nitrogens with zero attached hydrogens (tertiary/aromatic N) is 4. The SMILES string of the molecule is NN=NC(N)c1cc(/C(N)=N/NN)cc(/C(=N/N)NN)c1. The standard InChI is InChI=1S/C9H18N12/c10-7(18-20-14)4-1-5(8(11)19-21-15)3-6(2-4)9(16-12)17-13/h1-3,7,21H,10,12-13,15H2,(H2,11,19)(H2,14,18)(H,16,17). The fraction of sp³-hybridized carbons (Fsp3) is 0.111. The Morgan fingerprint density at radius 3 is 2.29 bits per heavy atom. The van der Waals surface area contributed by atoms with Gasteiger partial charge in [0.25, 0.3) is 0 Å². The number of amidine groups is 2. The molecule has 1 unspecified atom stereocenters. The minimum absolute atomic E-state index is 0.117. The average Bonchev–Trinajstić information content (AvgIpc) is 2.48. The molecule has 1 rings (SSSR count). The van der Waals surface area contributed by atoms with E-state index >= 15 is 0 Å². The summed E-state index contributed by atoms with van der Waals surface area (Å²) < 4.78 is 0. The molecule has 1 aromatic rings. The maximum absolute atomic E-state index is 5.82. The number of nitrogens with one attached hydrogen (secondary N) is 2. The summed E-state index contributed by atoms with van der Waals surface area (Å²) in [6.07, 6.45) is -0.802. The third kappa shape index (κ3) is 4.00. The van der Waals surface area contributed by atoms with Crippen molar-refractivity contribution in [3.05, 3.63) is 34.9 Å². The van der Waals surface area contributed by atoms with E-state index in [9.17, 15) is 0 Å². The van der Waals surface area contributed by atoms with Crippen molar-refractivity contribution in [2.45, 2.75) is 6.17 Å². The summed E-state index contributed by atoms with van der Waals surface area (Å²) in [5.74, 6) is 21.0. The van der Waals surface area contributed by atoms with E-state index in [0.717, 1.165) is 0 Å². The molecule has 0 bridgehead atoms. The van der Waals surface area contributed by atoms with Gasteiger partial charge in [0.1, 0.15) is 6.17 Å². The molecule has 0 saturated heterocycles. The second-order valence-corrected chi connectivity index (χ2v) is 3.77. The Kier molecular flexibility index (Phi) is 5.81. The summed E-state index contributed by atoms with van der Waals surface area (Å²) in [5, 5.41) is 14.0. The van der Waals surface area contributed by atoms with E-state index in [1.165, 1.54) is 0 Å². The van der Waals surface area contributed by atoms with Crippen LogP contribution in [0.1, 0.15) is 22.9 Å². The molecule has 14 N–H and O–H groups in total. The van der Waals surface area contributed by atoms with Crippen LogP contribution >= 0.6 is 0 Å². The van der Waals surface area contributed by atoms with Crippen molar-refractivity contribution in [3.63, 3.8) is 0 Å². The smallest absolute Gasteiger partial charge is 0.166 e. The van der Waals surface area contributed by atoms with Gasteiger partial charge in [0.05, 0.1) is 0 Å². The molecule has 12 nitrogen and oxygen atoms in total. The van der Waals surface area contributed by atoms with Gasteiger partial charge in [-0.1, -0.05) is 5.22 Å². The summed E-state index contributed by atoms with van der Waals surface area (Å²) in [7, 11) is 0. The number of hydrogen-bond donors (Lipinski definition) is 8. The molecule has 0 radical (unpaired) electrons. The van der Waals surface area contributed by atoms with E-state index in [1.807, 2.05) is 0 Å². The zero-order valence-electron chi connectivity index (χ0n) is 11.1. The van der Waals surface area contributed by atoms with Crippen molar-refractivity contribution >= 4 is 11.7 Å². The molecule has 0 aliphatic carbocycles. The molecule has 0 aliphatic heterocycles. The molecule has 0 aromatic heterocycles. The molecule has 0 heterocycles. The van der Waals surface area contributed by atoms with Gasteiger partial charge in [-0.2, -0.15) is 5.10 Å². The molecule has 0 saturated carbocycles. The zero-order chi connectivity index (χ0) is 15.8. The highest BCUT2D eigenvalue weighted by molar-refractivity contribution is 6.03. The van der Waals surface area contributed by atoms with Gasteiger partial charge in [0.15, 0.2) is 11.7 Å². The highest BCUT2D eigenvalue weighted by Gasteiger charge is 2.13. The predicted molar refractivity (Wildman–Crippen MR) is 78.5 cm³/mol. The summed E-state index contributed by atoms with van der Waals surface area (Å²) >= 11 is 0. The molecule has 12 heteroatoms. The molecule has 0 amide bonds. The van der Waals surface area contributed by atoms with Crippen LogP contribution in [-0.2, 0) is 0 Å². The van der Waals surface area contributed by atoms with Gasteiger partial charge < -0.3 is 28.6 Å². The van der Waals surface area contributed by atoms with Crippen molar-refractivity contribution in [2.24, 2.45) is 55.4 Å². The fourth-order valence-corrected chi connectivity index (χ4v) is 1.57. The molecule has 0 fully saturated rings. The molecule has 1 atom stereocenters. The summed E-state index contributed by atoms with van der Waals surface area (Å²) in [4.78, 5) is 0. The normalized spacial score (nSPS) is 14.2. The van der Waals surface area contributed by atoms with Crippen LogP contribution in [0, 0.1) is 0 Å². The second-order valence-electron chi connectivity index (χ2n) is 3.77. The van der Waals surface area contributed by atoms with E-state index < -0.39 is 6.17 Å². The van der Waals surface area contributed by atoms with Gasteiger partial charge in [-0.3, -0.25) is 0 Å². The first-order valence-electron chi connectivity index (χ1n) is 5.62. The van der Waals surface area contributed by atoms with Crippen molar-refractivity contribution in [3.8, 4) is 0 Å². The van der Waals surface area contributed by atoms with Crippen LogP contribution in [0.25, 0.3) is 0 Å². The molecular weight excluding hydrogens is 276 g/mol. The molecule has 21 heavy (non-hydrogen) atoms. The van der Waals surface area contributed by atoms with E-state index in [2.05, 4.69) is 31.5 Å². The van der Waals surface area contributed by atoms with Crippen molar-refractivity contribution < 1.29 is 0 Å². The Bertz CT molecular complexity index is 562. The Morgan fingerprint density at radius 2 is 1.76 bits per heavy atom. The molecule has 0 spiro atoms. The van der Waals surface area contributed by atoms with Gasteiger partial charge >= 0.3 is 0 Å². The van der Waals surface area contributed by atoms with Gasteiger partial charge in [-0.15, -0.1) is 10.2 Å². The topological polar surface area (TPSA) is 230 Å². The van der Waals surface area contributed by atoms with Crippen molar-refractivity contribution in [1.82, 2.24) is 11.0 Å². The van der Waals surface area contributed by atoms with Crippen LogP contribution in [0.2, 0.25) is 0 Å². The zero-order valence-corrected chi connectivity index (χ0v) is 11.1. The fourth-order valence-electron chi connectivity index (χ4n) is 1.57. The van der Waals surface area contributed by atoms with Crippen LogP contribution in [0.15, 0.2) is 38.7 Å². The first-order chi connectivity index (χ1) is 10.1. The number of hydrogen-bond acceptors (Lipinski definition) is 9. The van der Waals surface area contributed by atoms with Gasteiger partial charge in [0, 0.05) is 11.1 Å². The van der Waals surface area contributed by atoms with Crippen molar-refractivity contribution in [1.29, 1.82) is 0 Å². The van der Waals surface area contributed by atoms with Crippen LogP contribution in [-0.4, -0.2) is 11.7 Å². The quantitative estimate of drug-likeness (QED) is 0.0922. The van der Waals surface area contributed by atoms with Crippen LogP contribution in [0.5, 0.6) is 0 Å². The summed E-state index contributed by atoms with van der Waals surface area (Å²) in [6.45, 7) is 0. The lowest BCUT2D eigenvalue weighted by Gasteiger charge is -2.12. The molecular formula is C9H18N12. The van der Waals surface area contributed by atoms with Crippen molar-refractivity contribution in [2.75, 3.05) is 0 Å². The number of hydrazone groups is 2. The molecule has 1 aromatic carbocycles. The Labute approximate surface area is 120 Å². The third-order valence-electron chi connectivity index (χ3n) is 2.51. The first-order valence-corrected chi connectivity index (χ1v) is 5.62. The summed E-state index contributed by atoms with van der Waals surface area (Å²) in [5.41, 5.74) is 17.6. The predicted octanol–water partition coefficient (Wildman–Crippen LogP) is -2.86. The minimum Gasteiger partial charge on any atom is -0.382 e. The molecule has 0 aliphatic rings. The van der Waals surface area contributed by atoms with Gasteiger partial charge in [-0.25, -0.2) is 17.2 Å². The van der Waals surface area contributed by atoms with Gasteiger partial charge in [-0.05, 0) is 23.8 Å². The number of nitrogens with two attached hydrogens (primary N) is 6. The van der Waals surface area contributed by atoms with Crippen LogP contribution in [0.3, 0.4) is 0 Å². The first kappa shape index (κ1) is 16.1. The number of benzene rings is 1. The Balaban J connectivity index is 3.42. The number of hydrazine groups is 2. The number of rotatable bonds is 5. The monoisotopic (exact) mass is 294 g/mol. The second kappa shape index (κ2) is 7.59. The third-order valence-corrected chi connectivity index (χ3v) is 2.51. The minimum atomic E-state index is -0.802. The maximum atomic E-state index is 5.82. The van der Waals surface area contributed by atoms with E-state index in [1.54, 1.807) is 18.2 Å². The van der Waals surface area contributed by atoms with E-state index in [-0.39, 0.29) is 11.7 Å². The lowest BCUT2D eigenvalue weighted by Crippen LogP contribution is -2.32. The van der Waals surface area contributed by atoms with E-state index in [4.69, 9.17) is 34.8 Å². The van der Waals surface area contributed by atoms with E-state index in [0.29, 0.717) is 16.7 Å².